The van der Waals surface area contributed by atoms with Crippen LogP contribution in [0.2, 0.25) is 0 Å². The Morgan fingerprint density at radius 2 is 1.47 bits per heavy atom. The molecule has 0 saturated heterocycles. The van der Waals surface area contributed by atoms with Crippen molar-refractivity contribution < 1.29 is 22.8 Å². The Labute approximate surface area is 200 Å². The van der Waals surface area contributed by atoms with Gasteiger partial charge in [-0.1, -0.05) is 58.4 Å². The van der Waals surface area contributed by atoms with Gasteiger partial charge in [0, 0.05) is 24.2 Å². The Bertz CT molecular complexity index is 1100. The highest BCUT2D eigenvalue weighted by atomic mass is 32.2. The van der Waals surface area contributed by atoms with Crippen LogP contribution in [-0.2, 0) is 14.8 Å². The summed E-state index contributed by atoms with van der Waals surface area (Å²) >= 11 is 0. The van der Waals surface area contributed by atoms with Gasteiger partial charge in [0.15, 0.2) is 0 Å². The zero-order valence-electron chi connectivity index (χ0n) is 19.9. The maximum absolute atomic E-state index is 12.8. The number of hydrogen-bond donors (Lipinski definition) is 3. The fourth-order valence-electron chi connectivity index (χ4n) is 3.29. The van der Waals surface area contributed by atoms with Crippen molar-refractivity contribution >= 4 is 27.7 Å². The molecule has 2 aromatic rings. The maximum atomic E-state index is 12.8. The Morgan fingerprint density at radius 1 is 0.853 bits per heavy atom. The molecule has 0 bridgehead atoms. The van der Waals surface area contributed by atoms with Crippen molar-refractivity contribution in [2.75, 3.05) is 13.1 Å². The van der Waals surface area contributed by atoms with E-state index in [0.717, 1.165) is 0 Å². The standard InChI is InChI=1S/C24H32N4O5S/c1-5-17(4)21(25-22(29)18-12-9-8-10-13-18)24(31)27-26-23(30)19-14-11-15-20(16-19)34(32,33)28(6-2)7-3/h8-17,21H,5-7H2,1-4H3,(H,25,29)(H,26,30)(H,27,31). The van der Waals surface area contributed by atoms with E-state index in [1.807, 2.05) is 13.8 Å². The molecule has 0 spiro atoms. The summed E-state index contributed by atoms with van der Waals surface area (Å²) in [5.41, 5.74) is 5.14. The fourth-order valence-corrected chi connectivity index (χ4v) is 4.80. The molecule has 0 fully saturated rings. The van der Waals surface area contributed by atoms with Crippen LogP contribution in [0.15, 0.2) is 59.5 Å². The van der Waals surface area contributed by atoms with Crippen LogP contribution in [0.25, 0.3) is 0 Å². The highest BCUT2D eigenvalue weighted by Crippen LogP contribution is 2.17. The molecule has 0 aliphatic heterocycles. The molecular weight excluding hydrogens is 456 g/mol. The van der Waals surface area contributed by atoms with E-state index in [-0.39, 0.29) is 16.4 Å². The summed E-state index contributed by atoms with van der Waals surface area (Å²) in [5, 5.41) is 2.71. The van der Waals surface area contributed by atoms with Gasteiger partial charge in [-0.3, -0.25) is 25.2 Å². The normalized spacial score (nSPS) is 13.1. The van der Waals surface area contributed by atoms with Gasteiger partial charge in [0.2, 0.25) is 10.0 Å². The Morgan fingerprint density at radius 3 is 2.06 bits per heavy atom. The lowest BCUT2D eigenvalue weighted by Gasteiger charge is -2.23. The van der Waals surface area contributed by atoms with E-state index in [9.17, 15) is 22.8 Å². The van der Waals surface area contributed by atoms with Crippen LogP contribution in [0, 0.1) is 5.92 Å². The minimum atomic E-state index is -3.74. The monoisotopic (exact) mass is 488 g/mol. The number of nitrogens with one attached hydrogen (secondary N) is 3. The summed E-state index contributed by atoms with van der Waals surface area (Å²) in [6.45, 7) is 7.78. The lowest BCUT2D eigenvalue weighted by atomic mass is 9.98. The van der Waals surface area contributed by atoms with Gasteiger partial charge in [0.25, 0.3) is 17.7 Å². The largest absolute Gasteiger partial charge is 0.340 e. The van der Waals surface area contributed by atoms with E-state index in [2.05, 4.69) is 16.2 Å². The van der Waals surface area contributed by atoms with E-state index in [1.54, 1.807) is 44.2 Å². The predicted octanol–water partition coefficient (Wildman–Crippen LogP) is 2.32. The molecule has 0 aliphatic rings. The van der Waals surface area contributed by atoms with Crippen LogP contribution in [-0.4, -0.2) is 49.6 Å². The van der Waals surface area contributed by atoms with Gasteiger partial charge in [0.05, 0.1) is 4.90 Å². The molecule has 2 unspecified atom stereocenters. The van der Waals surface area contributed by atoms with E-state index < -0.39 is 33.8 Å². The van der Waals surface area contributed by atoms with Crippen LogP contribution in [0.5, 0.6) is 0 Å². The molecule has 184 valence electrons. The summed E-state index contributed by atoms with van der Waals surface area (Å²) in [6.07, 6.45) is 0.617. The molecule has 9 nitrogen and oxygen atoms in total. The third-order valence-corrected chi connectivity index (χ3v) is 7.60. The van der Waals surface area contributed by atoms with Crippen molar-refractivity contribution in [2.24, 2.45) is 5.92 Å². The third-order valence-electron chi connectivity index (χ3n) is 5.56. The van der Waals surface area contributed by atoms with Gasteiger partial charge in [-0.05, 0) is 36.2 Å². The summed E-state index contributed by atoms with van der Waals surface area (Å²) in [5.74, 6) is -1.87. The maximum Gasteiger partial charge on any atom is 0.269 e. The SMILES string of the molecule is CCC(C)C(NC(=O)c1ccccc1)C(=O)NNC(=O)c1cccc(S(=O)(=O)N(CC)CC)c1. The van der Waals surface area contributed by atoms with Crippen molar-refractivity contribution in [3.63, 3.8) is 0 Å². The molecule has 0 saturated carbocycles. The first-order valence-corrected chi connectivity index (χ1v) is 12.7. The average Bonchev–Trinajstić information content (AvgIpc) is 2.86. The third kappa shape index (κ3) is 6.64. The van der Waals surface area contributed by atoms with Crippen LogP contribution >= 0.6 is 0 Å². The number of rotatable bonds is 10. The molecule has 3 amide bonds. The molecule has 34 heavy (non-hydrogen) atoms. The quantitative estimate of drug-likeness (QED) is 0.443. The number of carbonyl (C=O) groups excluding carboxylic acids is 3. The van der Waals surface area contributed by atoms with Crippen molar-refractivity contribution in [3.05, 3.63) is 65.7 Å². The second kappa shape index (κ2) is 12.3. The molecule has 0 radical (unpaired) electrons. The number of benzene rings is 2. The Hall–Kier alpha value is -3.24. The van der Waals surface area contributed by atoms with E-state index in [0.29, 0.717) is 25.1 Å². The van der Waals surface area contributed by atoms with Gasteiger partial charge >= 0.3 is 0 Å². The van der Waals surface area contributed by atoms with E-state index >= 15 is 0 Å². The Balaban J connectivity index is 2.11. The van der Waals surface area contributed by atoms with Crippen molar-refractivity contribution in [1.29, 1.82) is 0 Å². The summed E-state index contributed by atoms with van der Waals surface area (Å²) < 4.78 is 26.8. The van der Waals surface area contributed by atoms with Gasteiger partial charge in [-0.15, -0.1) is 0 Å². The highest BCUT2D eigenvalue weighted by Gasteiger charge is 2.27. The molecule has 0 heterocycles. The summed E-state index contributed by atoms with van der Waals surface area (Å²) in [7, 11) is -3.74. The zero-order valence-corrected chi connectivity index (χ0v) is 20.7. The number of sulfonamides is 1. The smallest absolute Gasteiger partial charge is 0.269 e. The number of amides is 3. The van der Waals surface area contributed by atoms with E-state index in [1.165, 1.54) is 28.6 Å². The summed E-state index contributed by atoms with van der Waals surface area (Å²) in [6, 6.07) is 13.2. The predicted molar refractivity (Wildman–Crippen MR) is 129 cm³/mol. The second-order valence-electron chi connectivity index (χ2n) is 7.76. The van der Waals surface area contributed by atoms with Crippen molar-refractivity contribution in [1.82, 2.24) is 20.5 Å². The van der Waals surface area contributed by atoms with Gasteiger partial charge < -0.3 is 5.32 Å². The van der Waals surface area contributed by atoms with Crippen LogP contribution in [0.3, 0.4) is 0 Å². The van der Waals surface area contributed by atoms with Gasteiger partial charge in [-0.2, -0.15) is 4.31 Å². The topological polar surface area (TPSA) is 125 Å². The number of carbonyl (C=O) groups is 3. The van der Waals surface area contributed by atoms with Crippen LogP contribution < -0.4 is 16.2 Å². The molecular formula is C24H32N4O5S. The zero-order chi connectivity index (χ0) is 25.3. The molecule has 3 N–H and O–H groups in total. The first kappa shape index (κ1) is 27.0. The fraction of sp³-hybridized carbons (Fsp3) is 0.375. The molecule has 0 aliphatic carbocycles. The second-order valence-corrected chi connectivity index (χ2v) is 9.70. The lowest BCUT2D eigenvalue weighted by Crippen LogP contribution is -2.54. The average molecular weight is 489 g/mol. The number of hydrogen-bond acceptors (Lipinski definition) is 5. The first-order valence-electron chi connectivity index (χ1n) is 11.2. The summed E-state index contributed by atoms with van der Waals surface area (Å²) in [4.78, 5) is 37.9. The minimum Gasteiger partial charge on any atom is -0.340 e. The van der Waals surface area contributed by atoms with Gasteiger partial charge in [-0.25, -0.2) is 8.42 Å². The molecule has 10 heteroatoms. The molecule has 0 aromatic heterocycles. The minimum absolute atomic E-state index is 0.0113. The number of nitrogens with zero attached hydrogens (tertiary/aromatic N) is 1. The van der Waals surface area contributed by atoms with Crippen LogP contribution in [0.1, 0.15) is 54.8 Å². The van der Waals surface area contributed by atoms with Crippen LogP contribution in [0.4, 0.5) is 0 Å². The van der Waals surface area contributed by atoms with E-state index in [4.69, 9.17) is 0 Å². The highest BCUT2D eigenvalue weighted by molar-refractivity contribution is 7.89. The van der Waals surface area contributed by atoms with Crippen molar-refractivity contribution in [3.8, 4) is 0 Å². The molecule has 2 aromatic carbocycles. The van der Waals surface area contributed by atoms with Gasteiger partial charge in [0.1, 0.15) is 6.04 Å². The van der Waals surface area contributed by atoms with Crippen molar-refractivity contribution in [2.45, 2.75) is 45.1 Å². The lowest BCUT2D eigenvalue weighted by molar-refractivity contribution is -0.124. The molecule has 2 rings (SSSR count). The molecule has 2 atom stereocenters. The number of hydrazine groups is 1. The Kier molecular flexibility index (Phi) is 9.76. The first-order chi connectivity index (χ1) is 16.1.